The highest BCUT2D eigenvalue weighted by atomic mass is 127. The summed E-state index contributed by atoms with van der Waals surface area (Å²) in [6, 6.07) is 2.48. The fraction of sp³-hybridized carbons (Fsp3) is 0.125. The molecule has 2 nitrogen and oxygen atoms in total. The van der Waals surface area contributed by atoms with Crippen molar-refractivity contribution in [1.29, 1.82) is 0 Å². The number of benzene rings is 1. The quantitative estimate of drug-likeness (QED) is 0.453. The Labute approximate surface area is 93.2 Å². The number of hydrogen-bond acceptors (Lipinski definition) is 2. The summed E-state index contributed by atoms with van der Waals surface area (Å²) in [4.78, 5) is 11.1. The number of ether oxygens (including phenoxy) is 1. The molecule has 0 aliphatic carbocycles. The lowest BCUT2D eigenvalue weighted by molar-refractivity contribution is 0.0601. The fourth-order valence-electron chi connectivity index (χ4n) is 0.794. The zero-order chi connectivity index (χ0) is 10.0. The summed E-state index contributed by atoms with van der Waals surface area (Å²) in [5.41, 5.74) is 0.176. The minimum absolute atomic E-state index is 0.0902. The molecule has 0 heterocycles. The van der Waals surface area contributed by atoms with E-state index in [9.17, 15) is 9.18 Å². The third-order valence-electron chi connectivity index (χ3n) is 1.44. The van der Waals surface area contributed by atoms with E-state index >= 15 is 0 Å². The molecule has 0 aliphatic heterocycles. The predicted octanol–water partition coefficient (Wildman–Crippen LogP) is 2.87. The average molecular weight is 314 g/mol. The van der Waals surface area contributed by atoms with Gasteiger partial charge in [-0.05, 0) is 34.7 Å². The van der Waals surface area contributed by atoms with Crippen molar-refractivity contribution in [3.8, 4) is 0 Å². The molecule has 70 valence electrons. The summed E-state index contributed by atoms with van der Waals surface area (Å²) < 4.78 is 17.6. The molecule has 0 unspecified atom stereocenters. The van der Waals surface area contributed by atoms with Crippen molar-refractivity contribution in [3.05, 3.63) is 32.1 Å². The summed E-state index contributed by atoms with van der Waals surface area (Å²) in [7, 11) is 1.24. The van der Waals surface area contributed by atoms with Gasteiger partial charge in [-0.25, -0.2) is 9.18 Å². The maximum atomic E-state index is 12.9. The van der Waals surface area contributed by atoms with Gasteiger partial charge in [-0.1, -0.05) is 11.6 Å². The Bertz CT molecular complexity index is 354. The van der Waals surface area contributed by atoms with Crippen LogP contribution >= 0.6 is 34.2 Å². The lowest BCUT2D eigenvalue weighted by atomic mass is 10.2. The Balaban J connectivity index is 3.26. The van der Waals surface area contributed by atoms with E-state index in [1.54, 1.807) is 22.6 Å². The van der Waals surface area contributed by atoms with Crippen molar-refractivity contribution in [2.24, 2.45) is 0 Å². The SMILES string of the molecule is COC(=O)c1ccc(F)c(I)c1Cl. The molecule has 5 heteroatoms. The van der Waals surface area contributed by atoms with E-state index in [4.69, 9.17) is 11.6 Å². The Hall–Kier alpha value is -0.360. The number of esters is 1. The molecule has 0 fully saturated rings. The maximum Gasteiger partial charge on any atom is 0.339 e. The van der Waals surface area contributed by atoms with E-state index in [1.165, 1.54) is 19.2 Å². The van der Waals surface area contributed by atoms with Crippen LogP contribution in [0.3, 0.4) is 0 Å². The van der Waals surface area contributed by atoms with Gasteiger partial charge in [0.05, 0.1) is 21.3 Å². The van der Waals surface area contributed by atoms with Crippen LogP contribution in [-0.2, 0) is 4.74 Å². The molecule has 1 rings (SSSR count). The van der Waals surface area contributed by atoms with Crippen LogP contribution in [0.1, 0.15) is 10.4 Å². The van der Waals surface area contributed by atoms with E-state index in [0.29, 0.717) is 0 Å². The summed E-state index contributed by atoms with van der Waals surface area (Å²) in [6.45, 7) is 0. The van der Waals surface area contributed by atoms with E-state index in [-0.39, 0.29) is 14.2 Å². The first-order valence-electron chi connectivity index (χ1n) is 3.29. The first kappa shape index (κ1) is 10.7. The number of halogens is 3. The Morgan fingerprint density at radius 3 is 2.77 bits per heavy atom. The smallest absolute Gasteiger partial charge is 0.339 e. The second kappa shape index (κ2) is 4.23. The van der Waals surface area contributed by atoms with Crippen LogP contribution in [0, 0.1) is 9.39 Å². The van der Waals surface area contributed by atoms with Crippen LogP contribution in [0.4, 0.5) is 4.39 Å². The molecule has 0 saturated carbocycles. The van der Waals surface area contributed by atoms with Crippen LogP contribution in [0.5, 0.6) is 0 Å². The van der Waals surface area contributed by atoms with Crippen LogP contribution in [-0.4, -0.2) is 13.1 Å². The largest absolute Gasteiger partial charge is 0.465 e. The van der Waals surface area contributed by atoms with Crippen molar-refractivity contribution in [2.45, 2.75) is 0 Å². The molecule has 0 radical (unpaired) electrons. The number of carbonyl (C=O) groups is 1. The predicted molar refractivity (Wildman–Crippen MR) is 55.5 cm³/mol. The number of carbonyl (C=O) groups excluding carboxylic acids is 1. The van der Waals surface area contributed by atoms with Gasteiger partial charge >= 0.3 is 5.97 Å². The maximum absolute atomic E-state index is 12.9. The third kappa shape index (κ3) is 2.11. The molecule has 1 aromatic rings. The average Bonchev–Trinajstić information content (AvgIpc) is 2.13. The second-order valence-electron chi connectivity index (χ2n) is 2.21. The molecular formula is C8H5ClFIO2. The number of methoxy groups -OCH3 is 1. The van der Waals surface area contributed by atoms with Gasteiger partial charge in [0.2, 0.25) is 0 Å². The molecule has 0 saturated heterocycles. The van der Waals surface area contributed by atoms with Crippen LogP contribution in [0.25, 0.3) is 0 Å². The number of rotatable bonds is 1. The van der Waals surface area contributed by atoms with Crippen molar-refractivity contribution in [2.75, 3.05) is 7.11 Å². The summed E-state index contributed by atoms with van der Waals surface area (Å²) in [5.74, 6) is -1.01. The Morgan fingerprint density at radius 1 is 1.62 bits per heavy atom. The zero-order valence-electron chi connectivity index (χ0n) is 6.61. The zero-order valence-corrected chi connectivity index (χ0v) is 9.52. The summed E-state index contributed by atoms with van der Waals surface area (Å²) in [6.07, 6.45) is 0. The van der Waals surface area contributed by atoms with Gasteiger partial charge in [-0.3, -0.25) is 0 Å². The molecule has 0 aliphatic rings. The first-order valence-corrected chi connectivity index (χ1v) is 4.75. The van der Waals surface area contributed by atoms with Crippen molar-refractivity contribution in [1.82, 2.24) is 0 Å². The monoisotopic (exact) mass is 314 g/mol. The highest BCUT2D eigenvalue weighted by Crippen LogP contribution is 2.25. The van der Waals surface area contributed by atoms with Crippen molar-refractivity contribution in [3.63, 3.8) is 0 Å². The van der Waals surface area contributed by atoms with Crippen LogP contribution in [0.2, 0.25) is 5.02 Å². The van der Waals surface area contributed by atoms with Gasteiger partial charge in [0.1, 0.15) is 5.82 Å². The minimum atomic E-state index is -0.567. The van der Waals surface area contributed by atoms with Crippen LogP contribution in [0.15, 0.2) is 12.1 Å². The standard InChI is InChI=1S/C8H5ClFIO2/c1-13-8(12)4-2-3-5(10)7(11)6(4)9/h2-3H,1H3. The molecule has 0 spiro atoms. The summed E-state index contributed by atoms with van der Waals surface area (Å²) >= 11 is 7.45. The lowest BCUT2D eigenvalue weighted by Crippen LogP contribution is -2.03. The molecule has 13 heavy (non-hydrogen) atoms. The molecule has 1 aromatic carbocycles. The second-order valence-corrected chi connectivity index (χ2v) is 3.67. The van der Waals surface area contributed by atoms with E-state index in [1.807, 2.05) is 0 Å². The number of hydrogen-bond donors (Lipinski definition) is 0. The molecular weight excluding hydrogens is 309 g/mol. The van der Waals surface area contributed by atoms with Gasteiger partial charge in [-0.15, -0.1) is 0 Å². The van der Waals surface area contributed by atoms with Gasteiger partial charge in [0.15, 0.2) is 0 Å². The van der Waals surface area contributed by atoms with Crippen LogP contribution < -0.4 is 0 Å². The molecule has 0 atom stereocenters. The van der Waals surface area contributed by atoms with Gasteiger partial charge in [-0.2, -0.15) is 0 Å². The minimum Gasteiger partial charge on any atom is -0.465 e. The Morgan fingerprint density at radius 2 is 2.23 bits per heavy atom. The normalized spacial score (nSPS) is 9.85. The summed E-state index contributed by atoms with van der Waals surface area (Å²) in [5, 5.41) is 0.0902. The molecule has 0 amide bonds. The van der Waals surface area contributed by atoms with Crippen molar-refractivity contribution >= 4 is 40.2 Å². The van der Waals surface area contributed by atoms with E-state index in [2.05, 4.69) is 4.74 Å². The fourth-order valence-corrected chi connectivity index (χ4v) is 1.49. The van der Waals surface area contributed by atoms with Gasteiger partial charge in [0, 0.05) is 0 Å². The topological polar surface area (TPSA) is 26.3 Å². The van der Waals surface area contributed by atoms with Gasteiger partial charge in [0.25, 0.3) is 0 Å². The molecule has 0 bridgehead atoms. The molecule has 0 aromatic heterocycles. The lowest BCUT2D eigenvalue weighted by Gasteiger charge is -2.03. The van der Waals surface area contributed by atoms with E-state index < -0.39 is 11.8 Å². The Kier molecular flexibility index (Phi) is 3.49. The highest BCUT2D eigenvalue weighted by molar-refractivity contribution is 14.1. The first-order chi connectivity index (χ1) is 6.07. The van der Waals surface area contributed by atoms with Gasteiger partial charge < -0.3 is 4.74 Å². The third-order valence-corrected chi connectivity index (χ3v) is 3.21. The highest BCUT2D eigenvalue weighted by Gasteiger charge is 2.15. The van der Waals surface area contributed by atoms with E-state index in [0.717, 1.165) is 0 Å². The molecule has 0 N–H and O–H groups in total. The van der Waals surface area contributed by atoms with Crippen molar-refractivity contribution < 1.29 is 13.9 Å².